The number of hydrogen-bond acceptors (Lipinski definition) is 5. The minimum atomic E-state index is -0.215. The third kappa shape index (κ3) is 3.06. The van der Waals surface area contributed by atoms with E-state index in [2.05, 4.69) is 4.90 Å². The minimum Gasteiger partial charge on any atom is -0.441 e. The maximum atomic E-state index is 12.2. The molecule has 118 valence electrons. The Hall–Kier alpha value is -1.69. The fourth-order valence-electron chi connectivity index (χ4n) is 2.75. The van der Waals surface area contributed by atoms with Crippen molar-refractivity contribution < 1.29 is 14.0 Å². The molecule has 6 heteroatoms. The summed E-state index contributed by atoms with van der Waals surface area (Å²) in [5.41, 5.74) is 0. The molecule has 0 aromatic carbocycles. The van der Waals surface area contributed by atoms with Crippen molar-refractivity contribution >= 4 is 34.9 Å². The highest BCUT2D eigenvalue weighted by Crippen LogP contribution is 2.33. The number of hydrogen-bond donors (Lipinski definition) is 0. The van der Waals surface area contributed by atoms with E-state index in [4.69, 9.17) is 4.42 Å². The summed E-state index contributed by atoms with van der Waals surface area (Å²) < 4.78 is 5.82. The Labute approximate surface area is 134 Å². The predicted octanol–water partition coefficient (Wildman–Crippen LogP) is 3.72. The van der Waals surface area contributed by atoms with E-state index in [0.29, 0.717) is 17.2 Å². The van der Waals surface area contributed by atoms with Crippen LogP contribution in [0.25, 0.3) is 6.08 Å². The fourth-order valence-corrected chi connectivity index (χ4v) is 3.59. The molecule has 2 amide bonds. The lowest BCUT2D eigenvalue weighted by Crippen LogP contribution is -2.28. The topological polar surface area (TPSA) is 53.8 Å². The zero-order valence-electron chi connectivity index (χ0n) is 12.7. The summed E-state index contributed by atoms with van der Waals surface area (Å²) >= 11 is 0.986. The predicted molar refractivity (Wildman–Crippen MR) is 87.7 cm³/mol. The van der Waals surface area contributed by atoms with Gasteiger partial charge in [-0.1, -0.05) is 6.92 Å². The van der Waals surface area contributed by atoms with Crippen LogP contribution in [0.15, 0.2) is 21.5 Å². The molecule has 1 aromatic rings. The summed E-state index contributed by atoms with van der Waals surface area (Å²) in [6, 6.07) is 3.80. The van der Waals surface area contributed by atoms with Gasteiger partial charge in [-0.2, -0.15) is 0 Å². The molecule has 1 aromatic heterocycles. The van der Waals surface area contributed by atoms with E-state index in [-0.39, 0.29) is 11.1 Å². The number of anilines is 1. The number of thioether (sulfide) groups is 1. The molecular weight excluding hydrogens is 300 g/mol. The largest absolute Gasteiger partial charge is 0.441 e. The molecular formula is C16H20N2O3S. The van der Waals surface area contributed by atoms with Crippen LogP contribution >= 0.6 is 11.8 Å². The number of piperidine rings is 1. The smallest absolute Gasteiger partial charge is 0.293 e. The average Bonchev–Trinajstić information content (AvgIpc) is 3.09. The van der Waals surface area contributed by atoms with Crippen LogP contribution in [0.5, 0.6) is 0 Å². The molecule has 0 bridgehead atoms. The standard InChI is InChI=1S/C16H20N2O3S/c1-2-8-18-15(19)13(22-16(18)20)11-12-6-7-14(21-12)17-9-4-3-5-10-17/h6-7,11H,2-5,8-10H2,1H3/b13-11+. The molecule has 0 unspecified atom stereocenters. The molecule has 0 saturated carbocycles. The van der Waals surface area contributed by atoms with Gasteiger partial charge in [-0.3, -0.25) is 14.5 Å². The summed E-state index contributed by atoms with van der Waals surface area (Å²) in [4.78, 5) is 28.0. The monoisotopic (exact) mass is 320 g/mol. The van der Waals surface area contributed by atoms with E-state index in [1.165, 1.54) is 24.2 Å². The number of nitrogens with zero attached hydrogens (tertiary/aromatic N) is 2. The maximum absolute atomic E-state index is 12.2. The van der Waals surface area contributed by atoms with Crippen molar-refractivity contribution in [3.8, 4) is 0 Å². The summed E-state index contributed by atoms with van der Waals surface area (Å²) in [5, 5.41) is -0.194. The third-order valence-corrected chi connectivity index (χ3v) is 4.78. The molecule has 2 aliphatic heterocycles. The first-order valence-electron chi connectivity index (χ1n) is 7.79. The van der Waals surface area contributed by atoms with Crippen LogP contribution in [-0.2, 0) is 4.79 Å². The molecule has 2 aliphatic rings. The summed E-state index contributed by atoms with van der Waals surface area (Å²) in [7, 11) is 0. The summed E-state index contributed by atoms with van der Waals surface area (Å²) in [6.45, 7) is 4.45. The highest BCUT2D eigenvalue weighted by molar-refractivity contribution is 8.18. The quantitative estimate of drug-likeness (QED) is 0.792. The van der Waals surface area contributed by atoms with E-state index in [1.54, 1.807) is 6.08 Å². The second-order valence-electron chi connectivity index (χ2n) is 5.56. The van der Waals surface area contributed by atoms with Gasteiger partial charge in [0.2, 0.25) is 0 Å². The number of carbonyl (C=O) groups is 2. The lowest BCUT2D eigenvalue weighted by atomic mass is 10.1. The van der Waals surface area contributed by atoms with Crippen molar-refractivity contribution in [3.05, 3.63) is 22.8 Å². The molecule has 3 heterocycles. The molecule has 22 heavy (non-hydrogen) atoms. The van der Waals surface area contributed by atoms with Gasteiger partial charge in [-0.15, -0.1) is 0 Å². The van der Waals surface area contributed by atoms with Crippen LogP contribution in [0.3, 0.4) is 0 Å². The first-order valence-corrected chi connectivity index (χ1v) is 8.61. The first-order chi connectivity index (χ1) is 10.7. The van der Waals surface area contributed by atoms with Crippen LogP contribution in [0.2, 0.25) is 0 Å². The Morgan fingerprint density at radius 2 is 2.00 bits per heavy atom. The number of amides is 2. The highest BCUT2D eigenvalue weighted by Gasteiger charge is 2.34. The average molecular weight is 320 g/mol. The second kappa shape index (κ2) is 6.60. The molecule has 0 aliphatic carbocycles. The van der Waals surface area contributed by atoms with Crippen LogP contribution < -0.4 is 4.90 Å². The van der Waals surface area contributed by atoms with E-state index in [1.807, 2.05) is 19.1 Å². The summed E-state index contributed by atoms with van der Waals surface area (Å²) in [5.74, 6) is 1.26. The molecule has 2 saturated heterocycles. The lowest BCUT2D eigenvalue weighted by Gasteiger charge is -2.25. The lowest BCUT2D eigenvalue weighted by molar-refractivity contribution is -0.122. The molecule has 5 nitrogen and oxygen atoms in total. The summed E-state index contributed by atoms with van der Waals surface area (Å²) in [6.07, 6.45) is 6.09. The van der Waals surface area contributed by atoms with Gasteiger partial charge in [0.1, 0.15) is 5.76 Å². The fraction of sp³-hybridized carbons (Fsp3) is 0.500. The molecule has 0 N–H and O–H groups in total. The Bertz CT molecular complexity index is 602. The van der Waals surface area contributed by atoms with Crippen molar-refractivity contribution in [2.75, 3.05) is 24.5 Å². The van der Waals surface area contributed by atoms with Crippen molar-refractivity contribution in [2.45, 2.75) is 32.6 Å². The van der Waals surface area contributed by atoms with Crippen LogP contribution in [-0.4, -0.2) is 35.7 Å². The zero-order valence-corrected chi connectivity index (χ0v) is 13.5. The molecule has 2 fully saturated rings. The van der Waals surface area contributed by atoms with Crippen molar-refractivity contribution in [3.63, 3.8) is 0 Å². The van der Waals surface area contributed by atoms with Gasteiger partial charge < -0.3 is 9.32 Å². The normalized spacial score (nSPS) is 21.2. The minimum absolute atomic E-state index is 0.194. The second-order valence-corrected chi connectivity index (χ2v) is 6.55. The highest BCUT2D eigenvalue weighted by atomic mass is 32.2. The number of furan rings is 1. The van der Waals surface area contributed by atoms with Gasteiger partial charge in [-0.25, -0.2) is 0 Å². The Balaban J connectivity index is 1.74. The van der Waals surface area contributed by atoms with Crippen LogP contribution in [0.1, 0.15) is 38.4 Å². The molecule has 0 radical (unpaired) electrons. The van der Waals surface area contributed by atoms with Crippen LogP contribution in [0, 0.1) is 0 Å². The van der Waals surface area contributed by atoms with Gasteiger partial charge in [0.25, 0.3) is 11.1 Å². The Morgan fingerprint density at radius 1 is 1.23 bits per heavy atom. The number of carbonyl (C=O) groups excluding carboxylic acids is 2. The molecule has 0 atom stereocenters. The third-order valence-electron chi connectivity index (χ3n) is 3.87. The van der Waals surface area contributed by atoms with E-state index < -0.39 is 0 Å². The van der Waals surface area contributed by atoms with Crippen LogP contribution in [0.4, 0.5) is 10.7 Å². The van der Waals surface area contributed by atoms with Gasteiger partial charge in [0.15, 0.2) is 5.88 Å². The Kier molecular flexibility index (Phi) is 4.57. The van der Waals surface area contributed by atoms with E-state index >= 15 is 0 Å². The van der Waals surface area contributed by atoms with Gasteiger partial charge in [0.05, 0.1) is 4.91 Å². The van der Waals surface area contributed by atoms with Gasteiger partial charge in [0, 0.05) is 31.8 Å². The number of rotatable bonds is 4. The van der Waals surface area contributed by atoms with Crippen molar-refractivity contribution in [2.24, 2.45) is 0 Å². The molecule has 0 spiro atoms. The SMILES string of the molecule is CCCN1C(=O)S/C(=C/c2ccc(N3CCCCC3)o2)C1=O. The van der Waals surface area contributed by atoms with E-state index in [0.717, 1.165) is 37.2 Å². The zero-order chi connectivity index (χ0) is 15.5. The maximum Gasteiger partial charge on any atom is 0.293 e. The first kappa shape index (κ1) is 15.2. The molecule has 3 rings (SSSR count). The van der Waals surface area contributed by atoms with Gasteiger partial charge in [-0.05, 0) is 43.5 Å². The van der Waals surface area contributed by atoms with Crippen molar-refractivity contribution in [1.82, 2.24) is 4.90 Å². The number of imide groups is 1. The van der Waals surface area contributed by atoms with E-state index in [9.17, 15) is 9.59 Å². The van der Waals surface area contributed by atoms with Crippen molar-refractivity contribution in [1.29, 1.82) is 0 Å². The Morgan fingerprint density at radius 3 is 2.73 bits per heavy atom. The van der Waals surface area contributed by atoms with Gasteiger partial charge >= 0.3 is 0 Å².